The average molecular weight is 329 g/mol. The zero-order chi connectivity index (χ0) is 17.5. The van der Waals surface area contributed by atoms with Crippen molar-refractivity contribution < 1.29 is 18.7 Å². The Morgan fingerprint density at radius 3 is 2.83 bits per heavy atom. The number of amides is 1. The van der Waals surface area contributed by atoms with Gasteiger partial charge in [-0.2, -0.15) is 14.0 Å². The highest BCUT2D eigenvalue weighted by molar-refractivity contribution is 6.06. The number of hydrogen-bond acceptors (Lipinski definition) is 4. The monoisotopic (exact) mass is 329 g/mol. The summed E-state index contributed by atoms with van der Waals surface area (Å²) in [7, 11) is 0. The molecular formula is C17H13F2N3O2. The maximum absolute atomic E-state index is 14.5. The fraction of sp³-hybridized carbons (Fsp3) is 0.235. The molecule has 2 heterocycles. The number of benzene rings is 1. The van der Waals surface area contributed by atoms with Crippen LogP contribution in [0, 0.1) is 11.3 Å². The Bertz CT molecular complexity index is 859. The van der Waals surface area contributed by atoms with Crippen molar-refractivity contribution in [2.45, 2.75) is 25.5 Å². The van der Waals surface area contributed by atoms with Crippen LogP contribution in [0.15, 0.2) is 36.7 Å². The zero-order valence-corrected chi connectivity index (χ0v) is 12.7. The van der Waals surface area contributed by atoms with Crippen molar-refractivity contribution in [1.29, 1.82) is 5.26 Å². The van der Waals surface area contributed by atoms with Gasteiger partial charge >= 0.3 is 11.8 Å². The van der Waals surface area contributed by atoms with Crippen LogP contribution in [0.4, 0.5) is 14.5 Å². The zero-order valence-electron chi connectivity index (χ0n) is 12.7. The number of carbonyl (C=O) groups is 1. The summed E-state index contributed by atoms with van der Waals surface area (Å²) in [6.07, 6.45) is 1.65. The molecule has 24 heavy (non-hydrogen) atoms. The lowest BCUT2D eigenvalue weighted by molar-refractivity contribution is -0.141. The summed E-state index contributed by atoms with van der Waals surface area (Å²) in [5, 5.41) is 18.6. The van der Waals surface area contributed by atoms with E-state index in [1.54, 1.807) is 0 Å². The second kappa shape index (κ2) is 5.65. The Morgan fingerprint density at radius 1 is 1.42 bits per heavy atom. The molecule has 1 aliphatic heterocycles. The number of alkyl halides is 2. The molecule has 1 N–H and O–H groups in total. The number of carbonyl (C=O) groups excluding carboxylic acids is 1. The van der Waals surface area contributed by atoms with E-state index >= 15 is 0 Å². The molecule has 1 amide bonds. The molecule has 0 saturated heterocycles. The van der Waals surface area contributed by atoms with Gasteiger partial charge in [0.2, 0.25) is 0 Å². The van der Waals surface area contributed by atoms with Gasteiger partial charge in [0.1, 0.15) is 6.07 Å². The number of aromatic nitrogens is 1. The summed E-state index contributed by atoms with van der Waals surface area (Å²) in [6, 6.07) is 7.73. The first kappa shape index (κ1) is 16.0. The summed E-state index contributed by atoms with van der Waals surface area (Å²) in [6.45, 7) is 1.24. The number of nitriles is 1. The van der Waals surface area contributed by atoms with Gasteiger partial charge in [0.15, 0.2) is 0 Å². The van der Waals surface area contributed by atoms with Crippen LogP contribution in [0.25, 0.3) is 0 Å². The maximum Gasteiger partial charge on any atom is 0.352 e. The first-order valence-electron chi connectivity index (χ1n) is 7.21. The molecule has 1 aliphatic rings. The van der Waals surface area contributed by atoms with Gasteiger partial charge in [0, 0.05) is 12.4 Å². The van der Waals surface area contributed by atoms with Crippen LogP contribution in [0.3, 0.4) is 0 Å². The van der Waals surface area contributed by atoms with Gasteiger partial charge in [-0.15, -0.1) is 0 Å². The van der Waals surface area contributed by atoms with E-state index in [9.17, 15) is 18.7 Å². The number of hydrogen-bond donors (Lipinski definition) is 1. The topological polar surface area (TPSA) is 77.2 Å². The van der Waals surface area contributed by atoms with Crippen molar-refractivity contribution in [2.24, 2.45) is 0 Å². The third kappa shape index (κ3) is 2.41. The van der Waals surface area contributed by atoms with Crippen LogP contribution in [-0.2, 0) is 17.3 Å². The van der Waals surface area contributed by atoms with Gasteiger partial charge in [-0.05, 0) is 30.2 Å². The van der Waals surface area contributed by atoms with E-state index in [0.29, 0.717) is 5.56 Å². The summed E-state index contributed by atoms with van der Waals surface area (Å²) in [5.41, 5.74) is 0.370. The number of aliphatic hydroxyl groups is 1. The van der Waals surface area contributed by atoms with Crippen LogP contribution in [0.5, 0.6) is 0 Å². The number of nitrogens with zero attached hydrogens (tertiary/aromatic N) is 3. The quantitative estimate of drug-likeness (QED) is 0.939. The molecule has 1 aromatic carbocycles. The van der Waals surface area contributed by atoms with Gasteiger partial charge < -0.3 is 10.0 Å². The SMILES string of the molecule is C[C@H](O)c1cccc2c1C(F)(F)C(=O)N2Cc1cncc(C#N)c1. The molecule has 7 heteroatoms. The molecule has 2 aromatic rings. The molecule has 1 atom stereocenters. The van der Waals surface area contributed by atoms with Gasteiger partial charge in [0.25, 0.3) is 0 Å². The van der Waals surface area contributed by atoms with Crippen molar-refractivity contribution in [2.75, 3.05) is 4.90 Å². The van der Waals surface area contributed by atoms with Crippen molar-refractivity contribution in [3.8, 4) is 6.07 Å². The number of anilines is 1. The van der Waals surface area contributed by atoms with Crippen molar-refractivity contribution >= 4 is 11.6 Å². The highest BCUT2D eigenvalue weighted by atomic mass is 19.3. The minimum atomic E-state index is -3.71. The van der Waals surface area contributed by atoms with Gasteiger partial charge in [0.05, 0.1) is 29.5 Å². The Hall–Kier alpha value is -2.85. The molecule has 0 spiro atoms. The second-order valence-corrected chi connectivity index (χ2v) is 5.58. The molecule has 1 aromatic heterocycles. The molecule has 0 unspecified atom stereocenters. The van der Waals surface area contributed by atoms with Crippen LogP contribution >= 0.6 is 0 Å². The van der Waals surface area contributed by atoms with Crippen molar-refractivity contribution in [3.05, 3.63) is 58.9 Å². The predicted molar refractivity (Wildman–Crippen MR) is 81.1 cm³/mol. The highest BCUT2D eigenvalue weighted by Crippen LogP contribution is 2.47. The first-order chi connectivity index (χ1) is 11.4. The van der Waals surface area contributed by atoms with E-state index < -0.39 is 23.5 Å². The van der Waals surface area contributed by atoms with Gasteiger partial charge in [-0.25, -0.2) is 0 Å². The highest BCUT2D eigenvalue weighted by Gasteiger charge is 2.54. The third-order valence-corrected chi connectivity index (χ3v) is 3.91. The lowest BCUT2D eigenvalue weighted by Crippen LogP contribution is -2.34. The van der Waals surface area contributed by atoms with Crippen LogP contribution in [0.2, 0.25) is 0 Å². The Kier molecular flexibility index (Phi) is 3.78. The number of halogens is 2. The fourth-order valence-corrected chi connectivity index (χ4v) is 2.83. The molecule has 5 nitrogen and oxygen atoms in total. The largest absolute Gasteiger partial charge is 0.389 e. The first-order valence-corrected chi connectivity index (χ1v) is 7.21. The Morgan fingerprint density at radius 2 is 2.17 bits per heavy atom. The van der Waals surface area contributed by atoms with Gasteiger partial charge in [-0.3, -0.25) is 9.78 Å². The molecule has 0 radical (unpaired) electrons. The minimum absolute atomic E-state index is 0.0252. The Labute approximate surface area is 136 Å². The van der Waals surface area contributed by atoms with Crippen molar-refractivity contribution in [1.82, 2.24) is 4.98 Å². The fourth-order valence-electron chi connectivity index (χ4n) is 2.83. The lowest BCUT2D eigenvalue weighted by Gasteiger charge is -2.17. The average Bonchev–Trinajstić information content (AvgIpc) is 2.76. The normalized spacial score (nSPS) is 16.6. The molecule has 0 bridgehead atoms. The van der Waals surface area contributed by atoms with Gasteiger partial charge in [-0.1, -0.05) is 12.1 Å². The minimum Gasteiger partial charge on any atom is -0.389 e. The van der Waals surface area contributed by atoms with Crippen LogP contribution < -0.4 is 4.90 Å². The number of fused-ring (bicyclic) bond motifs is 1. The van der Waals surface area contributed by atoms with Crippen molar-refractivity contribution in [3.63, 3.8) is 0 Å². The third-order valence-electron chi connectivity index (χ3n) is 3.91. The van der Waals surface area contributed by atoms with E-state index in [-0.39, 0.29) is 23.4 Å². The summed E-state index contributed by atoms with van der Waals surface area (Å²) < 4.78 is 29.0. The summed E-state index contributed by atoms with van der Waals surface area (Å²) in [4.78, 5) is 17.1. The molecule has 0 saturated carbocycles. The Balaban J connectivity index is 2.07. The van der Waals surface area contributed by atoms with E-state index in [2.05, 4.69) is 4.98 Å². The lowest BCUT2D eigenvalue weighted by atomic mass is 9.98. The summed E-state index contributed by atoms with van der Waals surface area (Å²) >= 11 is 0. The van der Waals surface area contributed by atoms with E-state index in [0.717, 1.165) is 4.90 Å². The molecule has 0 fully saturated rings. The molecule has 122 valence electrons. The summed E-state index contributed by atoms with van der Waals surface area (Å²) in [5.74, 6) is -5.06. The second-order valence-electron chi connectivity index (χ2n) is 5.58. The molecule has 3 rings (SSSR count). The molecular weight excluding hydrogens is 316 g/mol. The van der Waals surface area contributed by atoms with Crippen LogP contribution in [0.1, 0.15) is 35.3 Å². The van der Waals surface area contributed by atoms with E-state index in [4.69, 9.17) is 5.26 Å². The van der Waals surface area contributed by atoms with Crippen LogP contribution in [-0.4, -0.2) is 16.0 Å². The number of rotatable bonds is 3. The maximum atomic E-state index is 14.5. The number of aliphatic hydroxyl groups excluding tert-OH is 1. The standard InChI is InChI=1S/C17H13F2N3O2/c1-10(23)13-3-2-4-14-15(13)17(18,19)16(24)22(14)9-12-5-11(6-20)7-21-8-12/h2-5,7-8,10,23H,9H2,1H3/t10-/m0/s1. The molecule has 0 aliphatic carbocycles. The smallest absolute Gasteiger partial charge is 0.352 e. The number of pyridine rings is 1. The van der Waals surface area contributed by atoms with E-state index in [1.165, 1.54) is 43.6 Å². The predicted octanol–water partition coefficient (Wildman–Crippen LogP) is 2.65. The van der Waals surface area contributed by atoms with E-state index in [1.807, 2.05) is 6.07 Å².